The Balaban J connectivity index is 1.83. The molecular weight excluding hydrogens is 264 g/mol. The average Bonchev–Trinajstić information content (AvgIpc) is 3.33. The molecule has 4 nitrogen and oxygen atoms in total. The molecule has 21 heavy (non-hydrogen) atoms. The number of nitrogens with zero attached hydrogens (tertiary/aromatic N) is 1. The van der Waals surface area contributed by atoms with Crippen LogP contribution in [0.2, 0.25) is 0 Å². The van der Waals surface area contributed by atoms with Crippen molar-refractivity contribution < 1.29 is 9.84 Å². The number of aliphatic hydroxyl groups excluding tert-OH is 1. The molecule has 0 bridgehead atoms. The maximum atomic E-state index is 10.2. The van der Waals surface area contributed by atoms with Crippen molar-refractivity contribution in [2.75, 3.05) is 32.9 Å². The molecule has 1 aliphatic carbocycles. The molecular formula is C17H26N2O2. The highest BCUT2D eigenvalue weighted by atomic mass is 16.5. The van der Waals surface area contributed by atoms with Gasteiger partial charge in [0.15, 0.2) is 0 Å². The summed E-state index contributed by atoms with van der Waals surface area (Å²) >= 11 is 0. The minimum absolute atomic E-state index is 0.123. The lowest BCUT2D eigenvalue weighted by molar-refractivity contribution is -0.0215. The van der Waals surface area contributed by atoms with Gasteiger partial charge in [0.25, 0.3) is 0 Å². The second-order valence-electron chi connectivity index (χ2n) is 6.42. The Morgan fingerprint density at radius 2 is 2.10 bits per heavy atom. The van der Waals surface area contributed by atoms with Crippen LogP contribution in [0.5, 0.6) is 0 Å². The maximum absolute atomic E-state index is 10.2. The zero-order valence-corrected chi connectivity index (χ0v) is 12.8. The summed E-state index contributed by atoms with van der Waals surface area (Å²) in [5, 5.41) is 13.9. The van der Waals surface area contributed by atoms with E-state index >= 15 is 0 Å². The van der Waals surface area contributed by atoms with Gasteiger partial charge in [-0.25, -0.2) is 0 Å². The van der Waals surface area contributed by atoms with Gasteiger partial charge in [-0.1, -0.05) is 30.3 Å². The Kier molecular flexibility index (Phi) is 4.60. The van der Waals surface area contributed by atoms with Crippen LogP contribution in [0.3, 0.4) is 0 Å². The van der Waals surface area contributed by atoms with E-state index in [1.165, 1.54) is 18.4 Å². The highest BCUT2D eigenvalue weighted by molar-refractivity contribution is 5.26. The molecule has 1 saturated carbocycles. The van der Waals surface area contributed by atoms with Crippen LogP contribution in [0.25, 0.3) is 0 Å². The predicted octanol–water partition coefficient (Wildman–Crippen LogP) is 1.35. The molecule has 1 aromatic carbocycles. The summed E-state index contributed by atoms with van der Waals surface area (Å²) in [5.41, 5.74) is 0.812. The second kappa shape index (κ2) is 6.44. The zero-order chi connectivity index (χ0) is 14.7. The smallest absolute Gasteiger partial charge is 0.0800 e. The molecule has 0 spiro atoms. The van der Waals surface area contributed by atoms with Crippen LogP contribution < -0.4 is 5.32 Å². The summed E-state index contributed by atoms with van der Waals surface area (Å²) < 4.78 is 5.53. The van der Waals surface area contributed by atoms with E-state index in [-0.39, 0.29) is 12.1 Å². The van der Waals surface area contributed by atoms with E-state index in [1.807, 2.05) is 6.07 Å². The van der Waals surface area contributed by atoms with Gasteiger partial charge in [-0.2, -0.15) is 0 Å². The summed E-state index contributed by atoms with van der Waals surface area (Å²) in [5.74, 6) is 0. The molecule has 2 fully saturated rings. The van der Waals surface area contributed by atoms with E-state index in [1.54, 1.807) is 0 Å². The van der Waals surface area contributed by atoms with E-state index in [9.17, 15) is 5.11 Å². The van der Waals surface area contributed by atoms with Crippen LogP contribution in [0.4, 0.5) is 0 Å². The molecule has 3 rings (SSSR count). The second-order valence-corrected chi connectivity index (χ2v) is 6.42. The Morgan fingerprint density at radius 1 is 1.33 bits per heavy atom. The average molecular weight is 290 g/mol. The van der Waals surface area contributed by atoms with Gasteiger partial charge in [0, 0.05) is 25.2 Å². The number of aliphatic hydroxyl groups is 1. The van der Waals surface area contributed by atoms with Gasteiger partial charge in [0.05, 0.1) is 25.4 Å². The molecule has 116 valence electrons. The number of rotatable bonds is 6. The summed E-state index contributed by atoms with van der Waals surface area (Å²) in [6.07, 6.45) is 2.43. The van der Waals surface area contributed by atoms with Gasteiger partial charge in [0.2, 0.25) is 0 Å². The first kappa shape index (κ1) is 15.0. The third kappa shape index (κ3) is 3.46. The number of benzene rings is 1. The van der Waals surface area contributed by atoms with Crippen molar-refractivity contribution >= 4 is 0 Å². The lowest BCUT2D eigenvalue weighted by Crippen LogP contribution is -2.58. The van der Waals surface area contributed by atoms with E-state index < -0.39 is 0 Å². The van der Waals surface area contributed by atoms with Crippen molar-refractivity contribution in [2.24, 2.45) is 0 Å². The van der Waals surface area contributed by atoms with Gasteiger partial charge in [-0.15, -0.1) is 0 Å². The minimum atomic E-state index is -0.367. The molecule has 4 heteroatoms. The van der Waals surface area contributed by atoms with Crippen molar-refractivity contribution in [3.63, 3.8) is 0 Å². The normalized spacial score (nSPS) is 26.5. The Labute approximate surface area is 127 Å². The van der Waals surface area contributed by atoms with E-state index in [2.05, 4.69) is 41.4 Å². The third-order valence-electron chi connectivity index (χ3n) is 4.63. The molecule has 1 heterocycles. The molecule has 2 aliphatic rings. The number of ether oxygens (including phenoxy) is 1. The van der Waals surface area contributed by atoms with Gasteiger partial charge >= 0.3 is 0 Å². The van der Waals surface area contributed by atoms with Gasteiger partial charge in [-0.05, 0) is 25.3 Å². The molecule has 0 radical (unpaired) electrons. The number of hydrogen-bond donors (Lipinski definition) is 2. The topological polar surface area (TPSA) is 44.7 Å². The SMILES string of the molecule is CC1COCCN1CC(CO)(NC1CC1)c1ccccc1. The highest BCUT2D eigenvalue weighted by Gasteiger charge is 2.39. The Morgan fingerprint density at radius 3 is 2.71 bits per heavy atom. The van der Waals surface area contributed by atoms with Crippen LogP contribution in [-0.4, -0.2) is 55.0 Å². The van der Waals surface area contributed by atoms with Crippen molar-refractivity contribution in [3.05, 3.63) is 35.9 Å². The number of nitrogens with one attached hydrogen (secondary N) is 1. The van der Waals surface area contributed by atoms with Crippen LogP contribution in [0, 0.1) is 0 Å². The minimum Gasteiger partial charge on any atom is -0.394 e. The monoisotopic (exact) mass is 290 g/mol. The van der Waals surface area contributed by atoms with Crippen LogP contribution in [0.15, 0.2) is 30.3 Å². The van der Waals surface area contributed by atoms with Crippen molar-refractivity contribution in [1.82, 2.24) is 10.2 Å². The maximum Gasteiger partial charge on any atom is 0.0800 e. The molecule has 0 amide bonds. The summed E-state index contributed by atoms with van der Waals surface area (Å²) in [4.78, 5) is 2.43. The fourth-order valence-corrected chi connectivity index (χ4v) is 3.13. The highest BCUT2D eigenvalue weighted by Crippen LogP contribution is 2.30. The van der Waals surface area contributed by atoms with E-state index in [0.29, 0.717) is 12.1 Å². The molecule has 2 unspecified atom stereocenters. The van der Waals surface area contributed by atoms with E-state index in [4.69, 9.17) is 4.74 Å². The van der Waals surface area contributed by atoms with Crippen LogP contribution in [0.1, 0.15) is 25.3 Å². The molecule has 2 N–H and O–H groups in total. The predicted molar refractivity (Wildman–Crippen MR) is 83.2 cm³/mol. The Bertz CT molecular complexity index is 449. The first-order valence-corrected chi connectivity index (χ1v) is 7.99. The summed E-state index contributed by atoms with van der Waals surface area (Å²) in [6, 6.07) is 11.3. The third-order valence-corrected chi connectivity index (χ3v) is 4.63. The van der Waals surface area contributed by atoms with Gasteiger partial charge in [-0.3, -0.25) is 4.90 Å². The van der Waals surface area contributed by atoms with Crippen LogP contribution in [-0.2, 0) is 10.3 Å². The lowest BCUT2D eigenvalue weighted by Gasteiger charge is -2.42. The number of hydrogen-bond acceptors (Lipinski definition) is 4. The Hall–Kier alpha value is -0.940. The van der Waals surface area contributed by atoms with Crippen molar-refractivity contribution in [3.8, 4) is 0 Å². The van der Waals surface area contributed by atoms with Crippen molar-refractivity contribution in [2.45, 2.75) is 37.4 Å². The molecule has 1 aromatic rings. The fraction of sp³-hybridized carbons (Fsp3) is 0.647. The summed E-state index contributed by atoms with van der Waals surface area (Å²) in [6.45, 7) is 5.64. The largest absolute Gasteiger partial charge is 0.394 e. The van der Waals surface area contributed by atoms with Gasteiger partial charge in [0.1, 0.15) is 0 Å². The first-order chi connectivity index (χ1) is 10.2. The van der Waals surface area contributed by atoms with Crippen molar-refractivity contribution in [1.29, 1.82) is 0 Å². The molecule has 0 aromatic heterocycles. The van der Waals surface area contributed by atoms with Crippen LogP contribution >= 0.6 is 0 Å². The summed E-state index contributed by atoms with van der Waals surface area (Å²) in [7, 11) is 0. The quantitative estimate of drug-likeness (QED) is 0.830. The number of morpholine rings is 1. The molecule has 2 atom stereocenters. The molecule has 1 saturated heterocycles. The molecule has 1 aliphatic heterocycles. The lowest BCUT2D eigenvalue weighted by atomic mass is 9.89. The van der Waals surface area contributed by atoms with E-state index in [0.717, 1.165) is 26.3 Å². The first-order valence-electron chi connectivity index (χ1n) is 7.99. The standard InChI is InChI=1S/C17H26N2O2/c1-14-11-21-10-9-19(14)12-17(13-20,18-16-7-8-16)15-5-3-2-4-6-15/h2-6,14,16,18,20H,7-13H2,1H3. The fourth-order valence-electron chi connectivity index (χ4n) is 3.13. The van der Waals surface area contributed by atoms with Gasteiger partial charge < -0.3 is 15.2 Å². The zero-order valence-electron chi connectivity index (χ0n) is 12.8.